The average molecular weight is 300 g/mol. The third kappa shape index (κ3) is 4.68. The summed E-state index contributed by atoms with van der Waals surface area (Å²) in [5.41, 5.74) is 5.61. The quantitative estimate of drug-likeness (QED) is 0.508. The van der Waals surface area contributed by atoms with Crippen molar-refractivity contribution in [3.63, 3.8) is 0 Å². The maximum Gasteiger partial charge on any atom is 0.240 e. The van der Waals surface area contributed by atoms with Crippen LogP contribution in [0.2, 0.25) is 0 Å². The molecule has 0 aliphatic rings. The lowest BCUT2D eigenvalue weighted by molar-refractivity contribution is 0.476. The molecule has 5 nitrogen and oxygen atoms in total. The number of phenolic OH excluding ortho intramolecular Hbond substituents is 1. The first-order chi connectivity index (χ1) is 9.40. The summed E-state index contributed by atoms with van der Waals surface area (Å²) < 4.78 is 27.3. The molecule has 0 bridgehead atoms. The topological polar surface area (TPSA) is 92.4 Å². The van der Waals surface area contributed by atoms with Gasteiger partial charge >= 0.3 is 0 Å². The number of nitrogens with one attached hydrogen (secondary N) is 1. The van der Waals surface area contributed by atoms with E-state index in [2.05, 4.69) is 11.6 Å². The zero-order valence-corrected chi connectivity index (χ0v) is 12.9. The molecule has 0 saturated heterocycles. The molecule has 1 rings (SSSR count). The number of hydrogen-bond donors (Lipinski definition) is 3. The van der Waals surface area contributed by atoms with Crippen molar-refractivity contribution >= 4 is 15.7 Å². The van der Waals surface area contributed by atoms with E-state index < -0.39 is 10.0 Å². The Hall–Kier alpha value is -1.27. The van der Waals surface area contributed by atoms with Gasteiger partial charge in [0, 0.05) is 6.04 Å². The van der Waals surface area contributed by atoms with Crippen molar-refractivity contribution in [2.45, 2.75) is 56.9 Å². The molecule has 0 aromatic heterocycles. The van der Waals surface area contributed by atoms with Crippen molar-refractivity contribution < 1.29 is 13.5 Å². The predicted molar refractivity (Wildman–Crippen MR) is 81.1 cm³/mol. The summed E-state index contributed by atoms with van der Waals surface area (Å²) in [6.45, 7) is 4.12. The number of sulfonamides is 1. The van der Waals surface area contributed by atoms with Crippen molar-refractivity contribution in [3.8, 4) is 5.75 Å². The van der Waals surface area contributed by atoms with Gasteiger partial charge in [0.2, 0.25) is 10.0 Å². The van der Waals surface area contributed by atoms with Crippen molar-refractivity contribution in [3.05, 3.63) is 18.2 Å². The Kier molecular flexibility index (Phi) is 6.29. The molecule has 0 amide bonds. The second kappa shape index (κ2) is 7.50. The predicted octanol–water partition coefficient (Wildman–Crippen LogP) is 2.61. The third-order valence-corrected chi connectivity index (χ3v) is 4.69. The van der Waals surface area contributed by atoms with E-state index in [1.807, 2.05) is 6.92 Å². The second-order valence-electron chi connectivity index (χ2n) is 4.97. The molecule has 6 heteroatoms. The van der Waals surface area contributed by atoms with Crippen LogP contribution in [-0.4, -0.2) is 19.6 Å². The zero-order valence-electron chi connectivity index (χ0n) is 12.1. The Morgan fingerprint density at radius 1 is 1.25 bits per heavy atom. The largest absolute Gasteiger partial charge is 0.506 e. The van der Waals surface area contributed by atoms with Crippen LogP contribution in [0.15, 0.2) is 23.1 Å². The lowest BCUT2D eigenvalue weighted by Gasteiger charge is -2.18. The van der Waals surface area contributed by atoms with Gasteiger partial charge in [-0.25, -0.2) is 13.1 Å². The van der Waals surface area contributed by atoms with E-state index in [1.165, 1.54) is 18.2 Å². The average Bonchev–Trinajstić information content (AvgIpc) is 2.39. The minimum absolute atomic E-state index is 0.0556. The number of nitrogen functional groups attached to an aromatic ring is 1. The number of aromatic hydroxyl groups is 1. The van der Waals surface area contributed by atoms with Gasteiger partial charge in [0.05, 0.1) is 10.6 Å². The monoisotopic (exact) mass is 300 g/mol. The maximum absolute atomic E-state index is 12.3. The summed E-state index contributed by atoms with van der Waals surface area (Å²) in [6.07, 6.45) is 4.59. The number of benzene rings is 1. The lowest BCUT2D eigenvalue weighted by atomic mass is 10.1. The lowest BCUT2D eigenvalue weighted by Crippen LogP contribution is -2.34. The first kappa shape index (κ1) is 16.8. The smallest absolute Gasteiger partial charge is 0.240 e. The van der Waals surface area contributed by atoms with Crippen LogP contribution in [0.4, 0.5) is 5.69 Å². The summed E-state index contributed by atoms with van der Waals surface area (Å²) in [5.74, 6) is -0.111. The third-order valence-electron chi connectivity index (χ3n) is 3.17. The van der Waals surface area contributed by atoms with Gasteiger partial charge in [-0.2, -0.15) is 0 Å². The normalized spacial score (nSPS) is 13.3. The van der Waals surface area contributed by atoms with E-state index >= 15 is 0 Å². The van der Waals surface area contributed by atoms with Gasteiger partial charge in [-0.1, -0.05) is 33.1 Å². The van der Waals surface area contributed by atoms with E-state index in [0.29, 0.717) is 0 Å². The summed E-state index contributed by atoms with van der Waals surface area (Å²) >= 11 is 0. The zero-order chi connectivity index (χ0) is 15.2. The molecular formula is C14H24N2O3S. The number of unbranched alkanes of at least 4 members (excludes halogenated alkanes) is 1. The fourth-order valence-corrected chi connectivity index (χ4v) is 3.39. The molecule has 0 heterocycles. The van der Waals surface area contributed by atoms with Gasteiger partial charge in [-0.05, 0) is 31.0 Å². The molecule has 1 atom stereocenters. The number of rotatable bonds is 8. The minimum Gasteiger partial charge on any atom is -0.506 e. The van der Waals surface area contributed by atoms with Crippen molar-refractivity contribution in [2.75, 3.05) is 5.73 Å². The molecule has 114 valence electrons. The maximum atomic E-state index is 12.3. The highest BCUT2D eigenvalue weighted by atomic mass is 32.2. The molecule has 0 aliphatic heterocycles. The number of phenols is 1. The standard InChI is InChI=1S/C14H24N2O3S/c1-3-5-7-11(6-4-2)16-20(18,19)12-8-9-14(17)13(15)10-12/h8-11,16-17H,3-7,15H2,1-2H3. The van der Waals surface area contributed by atoms with Gasteiger partial charge in [0.15, 0.2) is 0 Å². The van der Waals surface area contributed by atoms with Gasteiger partial charge in [-0.3, -0.25) is 0 Å². The Bertz CT molecular complexity index is 529. The van der Waals surface area contributed by atoms with Crippen molar-refractivity contribution in [1.29, 1.82) is 0 Å². The molecular weight excluding hydrogens is 276 g/mol. The first-order valence-electron chi connectivity index (χ1n) is 7.01. The van der Waals surface area contributed by atoms with Gasteiger partial charge in [0.25, 0.3) is 0 Å². The Balaban J connectivity index is 2.87. The molecule has 1 aromatic carbocycles. The summed E-state index contributed by atoms with van der Waals surface area (Å²) in [6, 6.07) is 3.88. The van der Waals surface area contributed by atoms with Crippen LogP contribution in [-0.2, 0) is 10.0 Å². The van der Waals surface area contributed by atoms with E-state index in [4.69, 9.17) is 5.73 Å². The molecule has 1 unspecified atom stereocenters. The fourth-order valence-electron chi connectivity index (χ4n) is 2.05. The van der Waals surface area contributed by atoms with E-state index in [-0.39, 0.29) is 22.4 Å². The fraction of sp³-hybridized carbons (Fsp3) is 0.571. The SMILES string of the molecule is CCCCC(CCC)NS(=O)(=O)c1ccc(O)c(N)c1. The highest BCUT2D eigenvalue weighted by Crippen LogP contribution is 2.23. The van der Waals surface area contributed by atoms with Crippen LogP contribution in [0.25, 0.3) is 0 Å². The van der Waals surface area contributed by atoms with Crippen LogP contribution in [0.3, 0.4) is 0 Å². The van der Waals surface area contributed by atoms with E-state index in [0.717, 1.165) is 32.1 Å². The summed E-state index contributed by atoms with van der Waals surface area (Å²) in [5, 5.41) is 9.35. The summed E-state index contributed by atoms with van der Waals surface area (Å²) in [4.78, 5) is 0.0883. The Morgan fingerprint density at radius 2 is 1.95 bits per heavy atom. The second-order valence-corrected chi connectivity index (χ2v) is 6.68. The molecule has 0 radical (unpaired) electrons. The molecule has 0 spiro atoms. The van der Waals surface area contributed by atoms with Crippen molar-refractivity contribution in [2.24, 2.45) is 0 Å². The van der Waals surface area contributed by atoms with E-state index in [1.54, 1.807) is 0 Å². The molecule has 0 saturated carbocycles. The van der Waals surface area contributed by atoms with Gasteiger partial charge in [0.1, 0.15) is 5.75 Å². The number of anilines is 1. The van der Waals surface area contributed by atoms with Crippen LogP contribution in [0, 0.1) is 0 Å². The van der Waals surface area contributed by atoms with Gasteiger partial charge < -0.3 is 10.8 Å². The minimum atomic E-state index is -3.59. The van der Waals surface area contributed by atoms with Crippen LogP contribution < -0.4 is 10.5 Å². The highest BCUT2D eigenvalue weighted by molar-refractivity contribution is 7.89. The molecule has 20 heavy (non-hydrogen) atoms. The molecule has 0 fully saturated rings. The van der Waals surface area contributed by atoms with E-state index in [9.17, 15) is 13.5 Å². The van der Waals surface area contributed by atoms with Gasteiger partial charge in [-0.15, -0.1) is 0 Å². The molecule has 1 aromatic rings. The molecule has 4 N–H and O–H groups in total. The van der Waals surface area contributed by atoms with Crippen LogP contribution in [0.1, 0.15) is 46.0 Å². The number of hydrogen-bond acceptors (Lipinski definition) is 4. The van der Waals surface area contributed by atoms with Crippen LogP contribution >= 0.6 is 0 Å². The van der Waals surface area contributed by atoms with Crippen molar-refractivity contribution in [1.82, 2.24) is 4.72 Å². The Morgan fingerprint density at radius 3 is 2.50 bits per heavy atom. The van der Waals surface area contributed by atoms with Crippen LogP contribution in [0.5, 0.6) is 5.75 Å². The highest BCUT2D eigenvalue weighted by Gasteiger charge is 2.20. The Labute approximate surface area is 121 Å². The summed E-state index contributed by atoms with van der Waals surface area (Å²) in [7, 11) is -3.59. The first-order valence-corrected chi connectivity index (χ1v) is 8.49. The molecule has 0 aliphatic carbocycles. The number of nitrogens with two attached hydrogens (primary N) is 1.